The number of likely N-dealkylation sites (N-methyl/N-ethyl adjacent to an activating group) is 1. The fraction of sp³-hybridized carbons (Fsp3) is 0.520. The first kappa shape index (κ1) is 20.5. The van der Waals surface area contributed by atoms with Crippen LogP contribution in [0, 0.1) is 11.8 Å². The molecular weight excluding hydrogens is 390 g/mol. The minimum absolute atomic E-state index is 0.0168. The highest BCUT2D eigenvalue weighted by Gasteiger charge is 2.54. The standard InChI is InChI=1S/C25H31N3O3/c1-27-21-14-28-20(13-12-18(25(28)31)16-8-4-2-5-9-16)23(27)22(19(21)15-29)24(30)26-17-10-6-3-7-11-17/h2,4-5,8-9,12-13,17,19,21-23,29H,3,6-7,10-11,14-15H2,1H3,(H,26,30)/t19-,21-,22+,23+/m1/s1. The second-order valence-corrected chi connectivity index (χ2v) is 9.35. The molecule has 31 heavy (non-hydrogen) atoms. The third kappa shape index (κ3) is 3.42. The van der Waals surface area contributed by atoms with Crippen LogP contribution in [-0.2, 0) is 11.3 Å². The van der Waals surface area contributed by atoms with Gasteiger partial charge in [0.25, 0.3) is 5.56 Å². The lowest BCUT2D eigenvalue weighted by molar-refractivity contribution is -0.128. The Labute approximate surface area is 182 Å². The van der Waals surface area contributed by atoms with Gasteiger partial charge in [-0.3, -0.25) is 14.5 Å². The summed E-state index contributed by atoms with van der Waals surface area (Å²) in [6, 6.07) is 13.6. The average molecular weight is 422 g/mol. The van der Waals surface area contributed by atoms with Crippen molar-refractivity contribution in [2.75, 3.05) is 13.7 Å². The van der Waals surface area contributed by atoms with E-state index >= 15 is 0 Å². The molecule has 0 radical (unpaired) electrons. The smallest absolute Gasteiger partial charge is 0.258 e. The van der Waals surface area contributed by atoms with Crippen LogP contribution < -0.4 is 10.9 Å². The third-order valence-corrected chi connectivity index (χ3v) is 7.69. The fourth-order valence-corrected chi connectivity index (χ4v) is 6.07. The lowest BCUT2D eigenvalue weighted by Crippen LogP contribution is -2.45. The molecule has 0 unspecified atom stereocenters. The number of benzene rings is 1. The Balaban J connectivity index is 1.51. The summed E-state index contributed by atoms with van der Waals surface area (Å²) in [4.78, 5) is 29.0. The Kier molecular flexibility index (Phi) is 5.44. The molecule has 2 bridgehead atoms. The van der Waals surface area contributed by atoms with Crippen molar-refractivity contribution in [2.45, 2.75) is 56.8 Å². The zero-order valence-corrected chi connectivity index (χ0v) is 18.0. The molecule has 6 nitrogen and oxygen atoms in total. The Bertz CT molecular complexity index is 1010. The lowest BCUT2D eigenvalue weighted by Gasteiger charge is -2.35. The van der Waals surface area contributed by atoms with Crippen LogP contribution in [0.1, 0.15) is 43.8 Å². The molecule has 3 aliphatic rings. The van der Waals surface area contributed by atoms with Crippen molar-refractivity contribution in [3.63, 3.8) is 0 Å². The zero-order chi connectivity index (χ0) is 21.5. The number of pyridine rings is 1. The number of nitrogens with zero attached hydrogens (tertiary/aromatic N) is 2. The Hall–Kier alpha value is -2.44. The van der Waals surface area contributed by atoms with Crippen molar-refractivity contribution in [2.24, 2.45) is 11.8 Å². The van der Waals surface area contributed by atoms with Crippen LogP contribution in [0.15, 0.2) is 47.3 Å². The van der Waals surface area contributed by atoms with E-state index in [0.29, 0.717) is 12.1 Å². The lowest BCUT2D eigenvalue weighted by atomic mass is 9.85. The van der Waals surface area contributed by atoms with Crippen LogP contribution in [0.5, 0.6) is 0 Å². The monoisotopic (exact) mass is 421 g/mol. The van der Waals surface area contributed by atoms with E-state index in [9.17, 15) is 14.7 Å². The van der Waals surface area contributed by atoms with E-state index in [0.717, 1.165) is 36.9 Å². The number of rotatable bonds is 4. The van der Waals surface area contributed by atoms with Gasteiger partial charge in [0.15, 0.2) is 0 Å². The molecule has 2 aliphatic heterocycles. The molecule has 1 aromatic carbocycles. The SMILES string of the molecule is CN1[C@@H]2Cn3c(ccc(-c4ccccc4)c3=O)[C@H]1[C@@H](C(=O)NC1CCCCC1)[C@@H]2CO. The summed E-state index contributed by atoms with van der Waals surface area (Å²) in [6.07, 6.45) is 5.62. The van der Waals surface area contributed by atoms with Gasteiger partial charge in [0, 0.05) is 42.4 Å². The molecule has 1 saturated heterocycles. The largest absolute Gasteiger partial charge is 0.396 e. The Morgan fingerprint density at radius 3 is 2.55 bits per heavy atom. The third-order valence-electron chi connectivity index (χ3n) is 7.69. The topological polar surface area (TPSA) is 74.6 Å². The highest BCUT2D eigenvalue weighted by atomic mass is 16.3. The summed E-state index contributed by atoms with van der Waals surface area (Å²) in [5.74, 6) is -0.506. The summed E-state index contributed by atoms with van der Waals surface area (Å²) >= 11 is 0. The second-order valence-electron chi connectivity index (χ2n) is 9.35. The van der Waals surface area contributed by atoms with E-state index in [1.807, 2.05) is 54.1 Å². The molecule has 4 atom stereocenters. The van der Waals surface area contributed by atoms with Gasteiger partial charge in [-0.05, 0) is 37.6 Å². The van der Waals surface area contributed by atoms with E-state index in [4.69, 9.17) is 0 Å². The molecule has 3 heterocycles. The van der Waals surface area contributed by atoms with Crippen LogP contribution in [0.2, 0.25) is 0 Å². The van der Waals surface area contributed by atoms with Crippen molar-refractivity contribution in [1.29, 1.82) is 0 Å². The molecule has 1 amide bonds. The number of hydrogen-bond donors (Lipinski definition) is 2. The van der Waals surface area contributed by atoms with Crippen LogP contribution >= 0.6 is 0 Å². The second kappa shape index (κ2) is 8.24. The number of aromatic nitrogens is 1. The molecular formula is C25H31N3O3. The molecule has 1 aromatic heterocycles. The van der Waals surface area contributed by atoms with Crippen LogP contribution in [0.4, 0.5) is 0 Å². The van der Waals surface area contributed by atoms with E-state index in [2.05, 4.69) is 10.2 Å². The molecule has 164 valence electrons. The quantitative estimate of drug-likeness (QED) is 0.796. The summed E-state index contributed by atoms with van der Waals surface area (Å²) in [7, 11) is 2.02. The fourth-order valence-electron chi connectivity index (χ4n) is 6.07. The molecule has 0 spiro atoms. The first-order valence-corrected chi connectivity index (χ1v) is 11.5. The maximum absolute atomic E-state index is 13.4. The van der Waals surface area contributed by atoms with E-state index < -0.39 is 0 Å². The first-order chi connectivity index (χ1) is 15.1. The molecule has 1 aliphatic carbocycles. The van der Waals surface area contributed by atoms with Crippen molar-refractivity contribution in [3.8, 4) is 11.1 Å². The van der Waals surface area contributed by atoms with Gasteiger partial charge < -0.3 is 15.0 Å². The average Bonchev–Trinajstić information content (AvgIpc) is 2.97. The molecule has 1 saturated carbocycles. The van der Waals surface area contributed by atoms with Gasteiger partial charge in [0.2, 0.25) is 5.91 Å². The van der Waals surface area contributed by atoms with Gasteiger partial charge in [-0.2, -0.15) is 0 Å². The zero-order valence-electron chi connectivity index (χ0n) is 18.0. The van der Waals surface area contributed by atoms with Crippen LogP contribution in [-0.4, -0.2) is 46.2 Å². The number of fused-ring (bicyclic) bond motifs is 4. The predicted octanol–water partition coefficient (Wildman–Crippen LogP) is 2.56. The normalized spacial score (nSPS) is 28.3. The molecule has 2 fully saturated rings. The van der Waals surface area contributed by atoms with Gasteiger partial charge in [-0.25, -0.2) is 0 Å². The molecule has 2 aromatic rings. The summed E-state index contributed by atoms with van der Waals surface area (Å²) in [5, 5.41) is 13.5. The number of carbonyl (C=O) groups is 1. The summed E-state index contributed by atoms with van der Waals surface area (Å²) in [6.45, 7) is 0.447. The molecule has 2 N–H and O–H groups in total. The number of aliphatic hydroxyl groups excluding tert-OH is 1. The van der Waals surface area contributed by atoms with Gasteiger partial charge in [-0.1, -0.05) is 49.6 Å². The Morgan fingerprint density at radius 2 is 1.84 bits per heavy atom. The van der Waals surface area contributed by atoms with Crippen molar-refractivity contribution in [1.82, 2.24) is 14.8 Å². The van der Waals surface area contributed by atoms with Gasteiger partial charge in [0.1, 0.15) is 0 Å². The highest BCUT2D eigenvalue weighted by molar-refractivity contribution is 5.81. The summed E-state index contributed by atoms with van der Waals surface area (Å²) in [5.41, 5.74) is 2.44. The van der Waals surface area contributed by atoms with Gasteiger partial charge >= 0.3 is 0 Å². The van der Waals surface area contributed by atoms with E-state index in [1.54, 1.807) is 0 Å². The predicted molar refractivity (Wildman–Crippen MR) is 120 cm³/mol. The maximum atomic E-state index is 13.4. The number of hydrogen-bond acceptors (Lipinski definition) is 4. The van der Waals surface area contributed by atoms with Gasteiger partial charge in [-0.15, -0.1) is 0 Å². The Morgan fingerprint density at radius 1 is 1.10 bits per heavy atom. The minimum Gasteiger partial charge on any atom is -0.396 e. The minimum atomic E-state index is -0.349. The maximum Gasteiger partial charge on any atom is 0.258 e. The molecule has 6 heteroatoms. The highest BCUT2D eigenvalue weighted by Crippen LogP contribution is 2.47. The van der Waals surface area contributed by atoms with Crippen LogP contribution in [0.3, 0.4) is 0 Å². The first-order valence-electron chi connectivity index (χ1n) is 11.5. The number of amides is 1. The van der Waals surface area contributed by atoms with Crippen LogP contribution in [0.25, 0.3) is 11.1 Å². The van der Waals surface area contributed by atoms with E-state index in [1.165, 1.54) is 6.42 Å². The summed E-state index contributed by atoms with van der Waals surface area (Å²) < 4.78 is 1.84. The number of nitrogens with one attached hydrogen (secondary N) is 1. The van der Waals surface area contributed by atoms with Crippen molar-refractivity contribution in [3.05, 3.63) is 58.5 Å². The van der Waals surface area contributed by atoms with Crippen molar-refractivity contribution >= 4 is 5.91 Å². The van der Waals surface area contributed by atoms with E-state index in [-0.39, 0.29) is 48.0 Å². The van der Waals surface area contributed by atoms with Crippen molar-refractivity contribution < 1.29 is 9.90 Å². The van der Waals surface area contributed by atoms with Gasteiger partial charge in [0.05, 0.1) is 12.0 Å². The number of aliphatic hydroxyl groups is 1. The molecule has 5 rings (SSSR count). The number of carbonyl (C=O) groups excluding carboxylic acids is 1.